The molecule has 1 saturated heterocycles. The number of nitrogens with zero attached hydrogens (tertiary/aromatic N) is 1. The normalized spacial score (nSPS) is 18.4. The molecule has 32 heavy (non-hydrogen) atoms. The number of thioether (sulfide) groups is 1. The molecule has 168 valence electrons. The SMILES string of the molecule is COc1cc(/C=C2/SC(=O)N(CC3CCCCC3)C2=O)c(Br)cc1OCc1ccccc1. The smallest absolute Gasteiger partial charge is 0.293 e. The number of amides is 2. The lowest BCUT2D eigenvalue weighted by Gasteiger charge is -2.25. The summed E-state index contributed by atoms with van der Waals surface area (Å²) in [6, 6.07) is 13.6. The second-order valence-electron chi connectivity index (χ2n) is 8.10. The third-order valence-corrected chi connectivity index (χ3v) is 7.44. The molecule has 0 aromatic heterocycles. The van der Waals surface area contributed by atoms with Gasteiger partial charge >= 0.3 is 0 Å². The Labute approximate surface area is 201 Å². The van der Waals surface area contributed by atoms with E-state index in [0.29, 0.717) is 35.5 Å². The Bertz CT molecular complexity index is 1020. The molecule has 1 heterocycles. The van der Waals surface area contributed by atoms with Crippen LogP contribution in [0.4, 0.5) is 4.79 Å². The van der Waals surface area contributed by atoms with E-state index < -0.39 is 0 Å². The summed E-state index contributed by atoms with van der Waals surface area (Å²) >= 11 is 4.58. The number of carbonyl (C=O) groups excluding carboxylic acids is 2. The quantitative estimate of drug-likeness (QED) is 0.386. The number of rotatable bonds is 7. The highest BCUT2D eigenvalue weighted by molar-refractivity contribution is 9.10. The second-order valence-corrected chi connectivity index (χ2v) is 9.94. The molecule has 4 rings (SSSR count). The minimum atomic E-state index is -0.208. The van der Waals surface area contributed by atoms with Gasteiger partial charge in [0.25, 0.3) is 11.1 Å². The van der Waals surface area contributed by atoms with Crippen molar-refractivity contribution in [2.45, 2.75) is 38.7 Å². The summed E-state index contributed by atoms with van der Waals surface area (Å²) in [4.78, 5) is 27.3. The van der Waals surface area contributed by atoms with Crippen LogP contribution >= 0.6 is 27.7 Å². The van der Waals surface area contributed by atoms with Crippen molar-refractivity contribution in [3.8, 4) is 11.5 Å². The number of carbonyl (C=O) groups is 2. The Morgan fingerprint density at radius 1 is 1.09 bits per heavy atom. The Morgan fingerprint density at radius 2 is 1.84 bits per heavy atom. The van der Waals surface area contributed by atoms with E-state index in [1.54, 1.807) is 13.2 Å². The van der Waals surface area contributed by atoms with Crippen molar-refractivity contribution in [3.05, 3.63) is 63.0 Å². The van der Waals surface area contributed by atoms with Crippen LogP contribution in [0, 0.1) is 5.92 Å². The van der Waals surface area contributed by atoms with Crippen molar-refractivity contribution >= 4 is 44.9 Å². The van der Waals surface area contributed by atoms with Crippen molar-refractivity contribution in [2.75, 3.05) is 13.7 Å². The number of imide groups is 1. The van der Waals surface area contributed by atoms with Gasteiger partial charge < -0.3 is 9.47 Å². The molecule has 2 amide bonds. The van der Waals surface area contributed by atoms with E-state index in [-0.39, 0.29) is 11.1 Å². The molecule has 2 aliphatic rings. The fourth-order valence-electron chi connectivity index (χ4n) is 4.10. The van der Waals surface area contributed by atoms with Crippen LogP contribution in [0.5, 0.6) is 11.5 Å². The van der Waals surface area contributed by atoms with Gasteiger partial charge in [0.05, 0.1) is 12.0 Å². The van der Waals surface area contributed by atoms with Crippen LogP contribution in [0.1, 0.15) is 43.2 Å². The molecule has 1 aliphatic carbocycles. The van der Waals surface area contributed by atoms with Crippen LogP contribution in [0.3, 0.4) is 0 Å². The van der Waals surface area contributed by atoms with Gasteiger partial charge in [-0.15, -0.1) is 0 Å². The third kappa shape index (κ3) is 5.38. The van der Waals surface area contributed by atoms with Crippen LogP contribution in [-0.4, -0.2) is 29.7 Å². The maximum atomic E-state index is 12.9. The highest BCUT2D eigenvalue weighted by Gasteiger charge is 2.36. The third-order valence-electron chi connectivity index (χ3n) is 5.85. The van der Waals surface area contributed by atoms with Gasteiger partial charge in [-0.05, 0) is 59.9 Å². The van der Waals surface area contributed by atoms with Crippen LogP contribution in [0.15, 0.2) is 51.8 Å². The summed E-state index contributed by atoms with van der Waals surface area (Å²) in [5.74, 6) is 1.38. The molecule has 2 aromatic rings. The summed E-state index contributed by atoms with van der Waals surface area (Å²) in [7, 11) is 1.58. The molecule has 0 atom stereocenters. The summed E-state index contributed by atoms with van der Waals surface area (Å²) < 4.78 is 12.2. The molecule has 7 heteroatoms. The highest BCUT2D eigenvalue weighted by atomic mass is 79.9. The average Bonchev–Trinajstić information content (AvgIpc) is 3.07. The van der Waals surface area contributed by atoms with E-state index in [1.807, 2.05) is 42.5 Å². The molecule has 0 radical (unpaired) electrons. The number of ether oxygens (including phenoxy) is 2. The van der Waals surface area contributed by atoms with Gasteiger partial charge in [-0.1, -0.05) is 65.5 Å². The van der Waals surface area contributed by atoms with E-state index in [9.17, 15) is 9.59 Å². The fraction of sp³-hybridized carbons (Fsp3) is 0.360. The van der Waals surface area contributed by atoms with Gasteiger partial charge in [-0.25, -0.2) is 0 Å². The van der Waals surface area contributed by atoms with Crippen LogP contribution in [0.25, 0.3) is 6.08 Å². The number of methoxy groups -OCH3 is 1. The van der Waals surface area contributed by atoms with E-state index in [0.717, 1.165) is 40.2 Å². The van der Waals surface area contributed by atoms with Crippen molar-refractivity contribution in [1.82, 2.24) is 4.90 Å². The van der Waals surface area contributed by atoms with Crippen molar-refractivity contribution in [2.24, 2.45) is 5.92 Å². The number of hydrogen-bond acceptors (Lipinski definition) is 5. The Balaban J connectivity index is 1.50. The number of halogens is 1. The first-order valence-corrected chi connectivity index (χ1v) is 12.5. The molecule has 0 bridgehead atoms. The molecule has 0 unspecified atom stereocenters. The zero-order valence-electron chi connectivity index (χ0n) is 18.0. The van der Waals surface area contributed by atoms with Crippen LogP contribution in [-0.2, 0) is 11.4 Å². The van der Waals surface area contributed by atoms with Gasteiger partial charge in [-0.3, -0.25) is 14.5 Å². The number of benzene rings is 2. The summed E-state index contributed by atoms with van der Waals surface area (Å²) in [6.45, 7) is 0.946. The largest absolute Gasteiger partial charge is 0.493 e. The fourth-order valence-corrected chi connectivity index (χ4v) is 5.37. The topological polar surface area (TPSA) is 55.8 Å². The predicted molar refractivity (Wildman–Crippen MR) is 131 cm³/mol. The average molecular weight is 516 g/mol. The zero-order valence-corrected chi connectivity index (χ0v) is 20.4. The van der Waals surface area contributed by atoms with E-state index in [4.69, 9.17) is 9.47 Å². The summed E-state index contributed by atoms with van der Waals surface area (Å²) in [5.41, 5.74) is 1.82. The van der Waals surface area contributed by atoms with Crippen LogP contribution < -0.4 is 9.47 Å². The van der Waals surface area contributed by atoms with Crippen molar-refractivity contribution in [3.63, 3.8) is 0 Å². The molecule has 2 aromatic carbocycles. The molecule has 2 fully saturated rings. The minimum Gasteiger partial charge on any atom is -0.493 e. The maximum absolute atomic E-state index is 12.9. The Hall–Kier alpha value is -2.25. The molecule has 5 nitrogen and oxygen atoms in total. The van der Waals surface area contributed by atoms with Gasteiger partial charge in [0.15, 0.2) is 11.5 Å². The lowest BCUT2D eigenvalue weighted by Crippen LogP contribution is -2.34. The molecular weight excluding hydrogens is 490 g/mol. The Morgan fingerprint density at radius 3 is 2.56 bits per heavy atom. The van der Waals surface area contributed by atoms with E-state index in [2.05, 4.69) is 15.9 Å². The molecule has 0 N–H and O–H groups in total. The lowest BCUT2D eigenvalue weighted by atomic mass is 9.89. The van der Waals surface area contributed by atoms with Gasteiger partial charge in [-0.2, -0.15) is 0 Å². The standard InChI is InChI=1S/C25H26BrNO4S/c1-30-21-12-19(20(26)14-22(21)31-16-18-10-6-3-7-11-18)13-23-24(28)27(25(29)32-23)15-17-8-4-2-5-9-17/h3,6-7,10-14,17H,2,4-5,8-9,15-16H2,1H3/b23-13+. The maximum Gasteiger partial charge on any atom is 0.293 e. The van der Waals surface area contributed by atoms with Crippen LogP contribution in [0.2, 0.25) is 0 Å². The first-order valence-electron chi connectivity index (χ1n) is 10.8. The summed E-state index contributed by atoms with van der Waals surface area (Å²) in [6.07, 6.45) is 7.55. The first kappa shape index (κ1) is 22.9. The van der Waals surface area contributed by atoms with E-state index >= 15 is 0 Å². The first-order chi connectivity index (χ1) is 15.5. The van der Waals surface area contributed by atoms with Gasteiger partial charge in [0, 0.05) is 11.0 Å². The van der Waals surface area contributed by atoms with Crippen molar-refractivity contribution in [1.29, 1.82) is 0 Å². The Kier molecular flexibility index (Phi) is 7.58. The monoisotopic (exact) mass is 515 g/mol. The molecule has 0 spiro atoms. The van der Waals surface area contributed by atoms with Gasteiger partial charge in [0.2, 0.25) is 0 Å². The highest BCUT2D eigenvalue weighted by Crippen LogP contribution is 2.39. The summed E-state index contributed by atoms with van der Waals surface area (Å²) in [5, 5.41) is -0.183. The zero-order chi connectivity index (χ0) is 22.5. The molecule has 1 saturated carbocycles. The molecule has 1 aliphatic heterocycles. The predicted octanol–water partition coefficient (Wildman–Crippen LogP) is 6.65. The second kappa shape index (κ2) is 10.6. The number of hydrogen-bond donors (Lipinski definition) is 0. The van der Waals surface area contributed by atoms with Crippen molar-refractivity contribution < 1.29 is 19.1 Å². The van der Waals surface area contributed by atoms with Gasteiger partial charge in [0.1, 0.15) is 6.61 Å². The lowest BCUT2D eigenvalue weighted by molar-refractivity contribution is -0.123. The molecular formula is C25H26BrNO4S. The minimum absolute atomic E-state index is 0.183. The van der Waals surface area contributed by atoms with E-state index in [1.165, 1.54) is 24.2 Å².